The average Bonchev–Trinajstić information content (AvgIpc) is 2.71. The molecular weight excluding hydrogens is 396 g/mol. The molecule has 0 spiro atoms. The molecule has 0 radical (unpaired) electrons. The van der Waals surface area contributed by atoms with Gasteiger partial charge in [0.25, 0.3) is 0 Å². The lowest BCUT2D eigenvalue weighted by molar-refractivity contribution is -0.139. The van der Waals surface area contributed by atoms with E-state index >= 15 is 0 Å². The summed E-state index contributed by atoms with van der Waals surface area (Å²) in [5, 5.41) is 17.5. The van der Waals surface area contributed by atoms with Crippen molar-refractivity contribution in [3.63, 3.8) is 0 Å². The van der Waals surface area contributed by atoms with Gasteiger partial charge in [-0.2, -0.15) is 0 Å². The highest BCUT2D eigenvalue weighted by Crippen LogP contribution is 2.28. The maximum atomic E-state index is 10.8. The molecule has 0 heterocycles. The van der Waals surface area contributed by atoms with Gasteiger partial charge in [0.05, 0.1) is 13.0 Å². The van der Waals surface area contributed by atoms with Crippen LogP contribution in [0.2, 0.25) is 0 Å². The van der Waals surface area contributed by atoms with Gasteiger partial charge in [-0.15, -0.1) is 0 Å². The van der Waals surface area contributed by atoms with E-state index in [-0.39, 0.29) is 6.42 Å². The van der Waals surface area contributed by atoms with Gasteiger partial charge in [0.2, 0.25) is 0 Å². The molecule has 31 heavy (non-hydrogen) atoms. The van der Waals surface area contributed by atoms with Crippen LogP contribution in [0.25, 0.3) is 0 Å². The molecule has 2 N–H and O–H groups in total. The average molecular weight is 437 g/mol. The summed E-state index contributed by atoms with van der Waals surface area (Å²) in [5.41, 5.74) is 0. The molecule has 0 saturated carbocycles. The summed E-state index contributed by atoms with van der Waals surface area (Å²) in [6.45, 7) is 2.38. The summed E-state index contributed by atoms with van der Waals surface area (Å²) in [7, 11) is 0. The Morgan fingerprint density at radius 1 is 0.742 bits per heavy atom. The van der Waals surface area contributed by atoms with Crippen molar-refractivity contribution < 1.29 is 29.3 Å². The lowest BCUT2D eigenvalue weighted by Gasteiger charge is -2.16. The minimum atomic E-state index is -0.876. The highest BCUT2D eigenvalue weighted by atomic mass is 16.5. The van der Waals surface area contributed by atoms with Gasteiger partial charge >= 0.3 is 11.9 Å². The van der Waals surface area contributed by atoms with Crippen molar-refractivity contribution in [2.75, 3.05) is 6.61 Å². The maximum Gasteiger partial charge on any atom is 0.307 e. The van der Waals surface area contributed by atoms with Crippen LogP contribution in [0.3, 0.4) is 0 Å². The van der Waals surface area contributed by atoms with E-state index in [1.807, 2.05) is 24.3 Å². The quantitative estimate of drug-likeness (QED) is 0.228. The van der Waals surface area contributed by atoms with Crippen molar-refractivity contribution in [1.82, 2.24) is 0 Å². The summed E-state index contributed by atoms with van der Waals surface area (Å²) in [4.78, 5) is 21.2. The molecular formula is C25H40O6. The highest BCUT2D eigenvalue weighted by Gasteiger charge is 2.12. The number of benzene rings is 1. The van der Waals surface area contributed by atoms with Crippen molar-refractivity contribution in [3.05, 3.63) is 24.3 Å². The van der Waals surface area contributed by atoms with Crippen LogP contribution in [0, 0.1) is 0 Å². The topological polar surface area (TPSA) is 93.1 Å². The molecule has 0 fully saturated rings. The Bertz CT molecular complexity index is 616. The summed E-state index contributed by atoms with van der Waals surface area (Å²) >= 11 is 0. The van der Waals surface area contributed by atoms with Gasteiger partial charge in [-0.3, -0.25) is 9.59 Å². The number of carbonyl (C=O) groups is 2. The number of carboxylic acid groups (broad SMARTS) is 2. The molecule has 1 aromatic rings. The Hall–Kier alpha value is -2.24. The van der Waals surface area contributed by atoms with E-state index in [1.54, 1.807) is 6.92 Å². The Balaban J connectivity index is 1.99. The van der Waals surface area contributed by atoms with Gasteiger partial charge in [-0.05, 0) is 31.9 Å². The van der Waals surface area contributed by atoms with Gasteiger partial charge in [0.1, 0.15) is 6.10 Å². The molecule has 0 aromatic heterocycles. The molecule has 6 heteroatoms. The van der Waals surface area contributed by atoms with E-state index in [9.17, 15) is 9.59 Å². The number of hydrogen-bond acceptors (Lipinski definition) is 4. The van der Waals surface area contributed by atoms with E-state index in [1.165, 1.54) is 44.9 Å². The monoisotopic (exact) mass is 436 g/mol. The van der Waals surface area contributed by atoms with E-state index in [4.69, 9.17) is 19.7 Å². The number of unbranched alkanes of at least 4 members (excludes halogenated alkanes) is 11. The van der Waals surface area contributed by atoms with Gasteiger partial charge < -0.3 is 19.7 Å². The Kier molecular flexibility index (Phi) is 15.1. The molecule has 0 saturated heterocycles. The highest BCUT2D eigenvalue weighted by molar-refractivity contribution is 5.67. The largest absolute Gasteiger partial charge is 0.490 e. The lowest BCUT2D eigenvalue weighted by atomic mass is 10.0. The fourth-order valence-electron chi connectivity index (χ4n) is 3.50. The number of para-hydroxylation sites is 2. The van der Waals surface area contributed by atoms with Crippen LogP contribution in [-0.2, 0) is 9.59 Å². The molecule has 6 nitrogen and oxygen atoms in total. The van der Waals surface area contributed by atoms with Gasteiger partial charge in [0, 0.05) is 6.42 Å². The molecule has 1 rings (SSSR count). The van der Waals surface area contributed by atoms with E-state index in [0.717, 1.165) is 32.1 Å². The van der Waals surface area contributed by atoms with Crippen molar-refractivity contribution in [2.45, 2.75) is 103 Å². The summed E-state index contributed by atoms with van der Waals surface area (Å²) in [6.07, 6.45) is 13.8. The third-order valence-corrected chi connectivity index (χ3v) is 5.18. The van der Waals surface area contributed by atoms with Crippen LogP contribution in [-0.4, -0.2) is 34.9 Å². The van der Waals surface area contributed by atoms with Crippen molar-refractivity contribution in [3.8, 4) is 11.5 Å². The van der Waals surface area contributed by atoms with E-state index in [0.29, 0.717) is 24.5 Å². The predicted molar refractivity (Wildman–Crippen MR) is 122 cm³/mol. The third kappa shape index (κ3) is 15.2. The first-order chi connectivity index (χ1) is 15.0. The fourth-order valence-corrected chi connectivity index (χ4v) is 3.50. The van der Waals surface area contributed by atoms with Crippen molar-refractivity contribution in [2.24, 2.45) is 0 Å². The number of aliphatic carboxylic acids is 2. The summed E-state index contributed by atoms with van der Waals surface area (Å²) in [6, 6.07) is 7.41. The first-order valence-electron chi connectivity index (χ1n) is 11.8. The van der Waals surface area contributed by atoms with Crippen LogP contribution < -0.4 is 9.47 Å². The molecule has 0 aliphatic rings. The molecule has 0 aliphatic heterocycles. The zero-order chi connectivity index (χ0) is 22.7. The van der Waals surface area contributed by atoms with Crippen LogP contribution in [0.1, 0.15) is 96.8 Å². The van der Waals surface area contributed by atoms with Gasteiger partial charge in [-0.1, -0.05) is 76.3 Å². The first kappa shape index (κ1) is 26.8. The predicted octanol–water partition coefficient (Wildman–Crippen LogP) is 6.46. The SMILES string of the molecule is CC(CC(=O)O)Oc1ccccc1OCCCCCCCCCCCCCCC(=O)O. The second-order valence-electron chi connectivity index (χ2n) is 8.21. The van der Waals surface area contributed by atoms with Gasteiger partial charge in [-0.25, -0.2) is 0 Å². The van der Waals surface area contributed by atoms with Crippen LogP contribution in [0.15, 0.2) is 24.3 Å². The number of rotatable bonds is 20. The van der Waals surface area contributed by atoms with Crippen LogP contribution in [0.4, 0.5) is 0 Å². The standard InChI is InChI=1S/C25H40O6/c1-21(20-25(28)29)31-23-17-14-13-16-22(23)30-19-15-11-9-7-5-3-2-4-6-8-10-12-18-24(26)27/h13-14,16-17,21H,2-12,15,18-20H2,1H3,(H,26,27)(H,28,29). The zero-order valence-corrected chi connectivity index (χ0v) is 19.0. The number of carboxylic acids is 2. The Morgan fingerprint density at radius 2 is 1.23 bits per heavy atom. The Labute approximate surface area is 187 Å². The van der Waals surface area contributed by atoms with Gasteiger partial charge in [0.15, 0.2) is 11.5 Å². The van der Waals surface area contributed by atoms with Crippen molar-refractivity contribution >= 4 is 11.9 Å². The summed E-state index contributed by atoms with van der Waals surface area (Å²) < 4.78 is 11.6. The smallest absolute Gasteiger partial charge is 0.307 e. The normalized spacial score (nSPS) is 11.8. The second kappa shape index (κ2) is 17.4. The molecule has 0 aliphatic carbocycles. The number of ether oxygens (including phenoxy) is 2. The first-order valence-corrected chi connectivity index (χ1v) is 11.8. The van der Waals surface area contributed by atoms with E-state index in [2.05, 4.69) is 0 Å². The Morgan fingerprint density at radius 3 is 1.74 bits per heavy atom. The molecule has 176 valence electrons. The molecule has 1 unspecified atom stereocenters. The zero-order valence-electron chi connectivity index (χ0n) is 19.0. The van der Waals surface area contributed by atoms with Crippen LogP contribution >= 0.6 is 0 Å². The molecule has 0 bridgehead atoms. The molecule has 0 amide bonds. The minimum absolute atomic E-state index is 0.0405. The van der Waals surface area contributed by atoms with E-state index < -0.39 is 18.0 Å². The minimum Gasteiger partial charge on any atom is -0.490 e. The molecule has 1 atom stereocenters. The molecule has 1 aromatic carbocycles. The maximum absolute atomic E-state index is 10.8. The third-order valence-electron chi connectivity index (χ3n) is 5.18. The fraction of sp³-hybridized carbons (Fsp3) is 0.680. The van der Waals surface area contributed by atoms with Crippen molar-refractivity contribution in [1.29, 1.82) is 0 Å². The number of hydrogen-bond donors (Lipinski definition) is 2. The summed E-state index contributed by atoms with van der Waals surface area (Å²) in [5.74, 6) is -0.298. The lowest BCUT2D eigenvalue weighted by Crippen LogP contribution is -2.17. The second-order valence-corrected chi connectivity index (χ2v) is 8.21. The van der Waals surface area contributed by atoms with Crippen LogP contribution in [0.5, 0.6) is 11.5 Å².